The van der Waals surface area contributed by atoms with Gasteiger partial charge in [0, 0.05) is 24.8 Å². The van der Waals surface area contributed by atoms with Crippen molar-refractivity contribution in [3.63, 3.8) is 0 Å². The van der Waals surface area contributed by atoms with Gasteiger partial charge in [0.2, 0.25) is 0 Å². The third-order valence-electron chi connectivity index (χ3n) is 1.65. The van der Waals surface area contributed by atoms with Crippen molar-refractivity contribution < 1.29 is 0 Å². The molecule has 0 amide bonds. The SMILES string of the molecule is C=CN=C/C=C(C)/C(C)=C/C=NC=C. The summed E-state index contributed by atoms with van der Waals surface area (Å²) in [7, 11) is 0. The first kappa shape index (κ1) is 12.3. The predicted molar refractivity (Wildman–Crippen MR) is 64.9 cm³/mol. The molecule has 0 aromatic rings. The summed E-state index contributed by atoms with van der Waals surface area (Å²) in [6.07, 6.45) is 10.3. The molecule has 0 rings (SSSR count). The van der Waals surface area contributed by atoms with Crippen LogP contribution in [0.1, 0.15) is 13.8 Å². The number of allylic oxidation sites excluding steroid dienone is 4. The van der Waals surface area contributed by atoms with Gasteiger partial charge in [-0.15, -0.1) is 0 Å². The molecule has 0 heterocycles. The molecule has 0 N–H and O–H groups in total. The fourth-order valence-corrected chi connectivity index (χ4v) is 0.694. The maximum atomic E-state index is 3.88. The molecule has 0 aliphatic carbocycles. The maximum absolute atomic E-state index is 3.88. The fraction of sp³-hybridized carbons (Fsp3) is 0.167. The van der Waals surface area contributed by atoms with Gasteiger partial charge < -0.3 is 0 Å². The molecule has 14 heavy (non-hydrogen) atoms. The minimum Gasteiger partial charge on any atom is -0.265 e. The summed E-state index contributed by atoms with van der Waals surface area (Å²) in [5, 5.41) is 0. The number of rotatable bonds is 5. The summed E-state index contributed by atoms with van der Waals surface area (Å²) < 4.78 is 0. The minimum absolute atomic E-state index is 1.14. The largest absolute Gasteiger partial charge is 0.265 e. The first-order chi connectivity index (χ1) is 6.72. The van der Waals surface area contributed by atoms with E-state index in [9.17, 15) is 0 Å². The Hall–Kier alpha value is -1.70. The number of aliphatic imine (C=N–C) groups is 2. The second-order valence-electron chi connectivity index (χ2n) is 2.66. The molecule has 0 atom stereocenters. The van der Waals surface area contributed by atoms with E-state index in [0.717, 1.165) is 11.1 Å². The van der Waals surface area contributed by atoms with Crippen LogP contribution in [0, 0.1) is 0 Å². The molecule has 0 aromatic heterocycles. The van der Waals surface area contributed by atoms with Gasteiger partial charge in [-0.2, -0.15) is 0 Å². The van der Waals surface area contributed by atoms with Gasteiger partial charge in [-0.05, 0) is 37.1 Å². The van der Waals surface area contributed by atoms with Crippen molar-refractivity contribution >= 4 is 12.4 Å². The quantitative estimate of drug-likeness (QED) is 0.467. The summed E-state index contributed by atoms with van der Waals surface area (Å²) in [5.41, 5.74) is 2.29. The lowest BCUT2D eigenvalue weighted by molar-refractivity contribution is 1.36. The molecule has 0 aromatic carbocycles. The van der Waals surface area contributed by atoms with E-state index in [2.05, 4.69) is 23.1 Å². The van der Waals surface area contributed by atoms with Crippen molar-refractivity contribution in [2.24, 2.45) is 9.98 Å². The Kier molecular flexibility index (Phi) is 6.96. The normalized spacial score (nSPS) is 13.9. The predicted octanol–water partition coefficient (Wildman–Crippen LogP) is 3.31. The van der Waals surface area contributed by atoms with Crippen LogP contribution < -0.4 is 0 Å². The van der Waals surface area contributed by atoms with Crippen LogP contribution in [0.2, 0.25) is 0 Å². The maximum Gasteiger partial charge on any atom is 0.0270 e. The lowest BCUT2D eigenvalue weighted by Gasteiger charge is -1.96. The molecule has 0 radical (unpaired) electrons. The zero-order valence-corrected chi connectivity index (χ0v) is 8.77. The Morgan fingerprint density at radius 3 is 1.50 bits per heavy atom. The van der Waals surface area contributed by atoms with E-state index in [-0.39, 0.29) is 0 Å². The number of hydrogen-bond acceptors (Lipinski definition) is 2. The molecule has 2 nitrogen and oxygen atoms in total. The van der Waals surface area contributed by atoms with Crippen LogP contribution in [0.15, 0.2) is 58.8 Å². The fourth-order valence-electron chi connectivity index (χ4n) is 0.694. The molecule has 0 bridgehead atoms. The summed E-state index contributed by atoms with van der Waals surface area (Å²) in [6, 6.07) is 0. The third kappa shape index (κ3) is 5.89. The van der Waals surface area contributed by atoms with Crippen LogP contribution in [0.25, 0.3) is 0 Å². The van der Waals surface area contributed by atoms with Crippen LogP contribution in [0.5, 0.6) is 0 Å². The summed E-state index contributed by atoms with van der Waals surface area (Å²) in [5.74, 6) is 0. The molecule has 2 heteroatoms. The van der Waals surface area contributed by atoms with Crippen molar-refractivity contribution in [1.29, 1.82) is 0 Å². The first-order valence-electron chi connectivity index (χ1n) is 4.34. The Morgan fingerprint density at radius 2 is 1.21 bits per heavy atom. The zero-order chi connectivity index (χ0) is 10.8. The van der Waals surface area contributed by atoms with Gasteiger partial charge in [0.1, 0.15) is 0 Å². The van der Waals surface area contributed by atoms with Crippen LogP contribution in [0.3, 0.4) is 0 Å². The highest BCUT2D eigenvalue weighted by molar-refractivity contribution is 5.77. The monoisotopic (exact) mass is 188 g/mol. The van der Waals surface area contributed by atoms with E-state index in [0.29, 0.717) is 0 Å². The standard InChI is InChI=1S/C12H16N2/c1-5-13-9-7-11(3)12(4)8-10-14-6-2/h5-10H,1-2H2,3-4H3/b11-7+,12-8+,13-9?,14-10?. The number of hydrogen-bond donors (Lipinski definition) is 0. The van der Waals surface area contributed by atoms with E-state index in [1.165, 1.54) is 12.4 Å². The van der Waals surface area contributed by atoms with Crippen LogP contribution in [0.4, 0.5) is 0 Å². The van der Waals surface area contributed by atoms with E-state index in [4.69, 9.17) is 0 Å². The lowest BCUT2D eigenvalue weighted by Crippen LogP contribution is -1.81. The van der Waals surface area contributed by atoms with Crippen LogP contribution in [-0.2, 0) is 0 Å². The van der Waals surface area contributed by atoms with E-state index >= 15 is 0 Å². The highest BCUT2D eigenvalue weighted by atomic mass is 14.6. The van der Waals surface area contributed by atoms with E-state index in [1.54, 1.807) is 12.4 Å². The Morgan fingerprint density at radius 1 is 0.857 bits per heavy atom. The molecule has 0 aliphatic rings. The average Bonchev–Trinajstić information content (AvgIpc) is 2.18. The topological polar surface area (TPSA) is 24.7 Å². The molecular weight excluding hydrogens is 172 g/mol. The van der Waals surface area contributed by atoms with E-state index in [1.807, 2.05) is 26.0 Å². The Labute approximate surface area is 85.8 Å². The molecule has 0 spiro atoms. The summed E-state index contributed by atoms with van der Waals surface area (Å²) in [6.45, 7) is 11.0. The van der Waals surface area contributed by atoms with Crippen LogP contribution >= 0.6 is 0 Å². The average molecular weight is 188 g/mol. The van der Waals surface area contributed by atoms with Crippen molar-refractivity contribution in [3.05, 3.63) is 48.9 Å². The molecule has 0 saturated carbocycles. The van der Waals surface area contributed by atoms with Gasteiger partial charge in [0.15, 0.2) is 0 Å². The van der Waals surface area contributed by atoms with Gasteiger partial charge in [-0.3, -0.25) is 9.98 Å². The van der Waals surface area contributed by atoms with Gasteiger partial charge >= 0.3 is 0 Å². The second kappa shape index (κ2) is 7.92. The lowest BCUT2D eigenvalue weighted by atomic mass is 10.1. The van der Waals surface area contributed by atoms with E-state index < -0.39 is 0 Å². The molecule has 0 fully saturated rings. The van der Waals surface area contributed by atoms with Gasteiger partial charge in [-0.25, -0.2) is 0 Å². The minimum atomic E-state index is 1.14. The summed E-state index contributed by atoms with van der Waals surface area (Å²) in [4.78, 5) is 7.75. The molecule has 0 aliphatic heterocycles. The second-order valence-corrected chi connectivity index (χ2v) is 2.66. The third-order valence-corrected chi connectivity index (χ3v) is 1.65. The molecule has 0 saturated heterocycles. The van der Waals surface area contributed by atoms with Gasteiger partial charge in [-0.1, -0.05) is 13.2 Å². The molecule has 74 valence electrons. The van der Waals surface area contributed by atoms with Crippen molar-refractivity contribution in [2.75, 3.05) is 0 Å². The van der Waals surface area contributed by atoms with Crippen LogP contribution in [-0.4, -0.2) is 12.4 Å². The highest BCUT2D eigenvalue weighted by Crippen LogP contribution is 2.05. The smallest absolute Gasteiger partial charge is 0.0270 e. The first-order valence-corrected chi connectivity index (χ1v) is 4.34. The van der Waals surface area contributed by atoms with Gasteiger partial charge in [0.25, 0.3) is 0 Å². The Balaban J connectivity index is 4.43. The van der Waals surface area contributed by atoms with Gasteiger partial charge in [0.05, 0.1) is 0 Å². The molecule has 0 unspecified atom stereocenters. The zero-order valence-electron chi connectivity index (χ0n) is 8.77. The molecular formula is C12H16N2. The van der Waals surface area contributed by atoms with Crippen molar-refractivity contribution in [2.45, 2.75) is 13.8 Å². The van der Waals surface area contributed by atoms with Crippen molar-refractivity contribution in [3.8, 4) is 0 Å². The summed E-state index contributed by atoms with van der Waals surface area (Å²) >= 11 is 0. The highest BCUT2D eigenvalue weighted by Gasteiger charge is 1.88. The Bertz CT molecular complexity index is 272. The number of nitrogens with zero attached hydrogens (tertiary/aromatic N) is 2. The van der Waals surface area contributed by atoms with Crippen molar-refractivity contribution in [1.82, 2.24) is 0 Å².